The molecule has 1 heterocycles. The lowest BCUT2D eigenvalue weighted by Crippen LogP contribution is -2.06. The van der Waals surface area contributed by atoms with Crippen LogP contribution in [0.3, 0.4) is 0 Å². The average Bonchev–Trinajstić information content (AvgIpc) is 3.15. The van der Waals surface area contributed by atoms with Gasteiger partial charge >= 0.3 is 17.8 Å². The number of aliphatic imine (C=N–C) groups is 1. The van der Waals surface area contributed by atoms with E-state index in [-0.39, 0.29) is 23.1 Å². The Hall–Kier alpha value is -4.54. The number of hydrogen-bond acceptors (Lipinski definition) is 6. The maximum Gasteiger partial charge on any atom is 0.416 e. The van der Waals surface area contributed by atoms with E-state index in [1.54, 1.807) is 0 Å². The normalized spacial score (nSPS) is 14.6. The smallest absolute Gasteiger partial charge is 0.416 e. The van der Waals surface area contributed by atoms with E-state index in [0.29, 0.717) is 23.3 Å². The summed E-state index contributed by atoms with van der Waals surface area (Å²) in [5.41, 5.74) is -1.09. The van der Waals surface area contributed by atoms with Gasteiger partial charge in [-0.25, -0.2) is 14.2 Å². The van der Waals surface area contributed by atoms with Crippen molar-refractivity contribution in [1.29, 1.82) is 0 Å². The molecule has 7 nitrogen and oxygen atoms in total. The minimum Gasteiger partial charge on any atom is -0.450 e. The molecular formula is C23H12F4N2O5. The van der Waals surface area contributed by atoms with E-state index in [9.17, 15) is 32.5 Å². The summed E-state index contributed by atoms with van der Waals surface area (Å²) in [6.45, 7) is 0. The molecule has 0 spiro atoms. The molecule has 0 aliphatic carbocycles. The van der Waals surface area contributed by atoms with Gasteiger partial charge in [0.05, 0.1) is 10.5 Å². The molecule has 172 valence electrons. The zero-order valence-corrected chi connectivity index (χ0v) is 16.9. The summed E-state index contributed by atoms with van der Waals surface area (Å²) < 4.78 is 62.1. The first kappa shape index (κ1) is 22.6. The van der Waals surface area contributed by atoms with Gasteiger partial charge in [0.15, 0.2) is 5.70 Å². The fourth-order valence-corrected chi connectivity index (χ4v) is 2.96. The van der Waals surface area contributed by atoms with E-state index in [1.807, 2.05) is 0 Å². The van der Waals surface area contributed by atoms with Crippen molar-refractivity contribution in [2.45, 2.75) is 6.18 Å². The maximum atomic E-state index is 13.1. The Labute approximate surface area is 188 Å². The van der Waals surface area contributed by atoms with Crippen LogP contribution in [0.5, 0.6) is 11.5 Å². The number of carbonyl (C=O) groups excluding carboxylic acids is 1. The summed E-state index contributed by atoms with van der Waals surface area (Å²) in [7, 11) is 0. The number of ether oxygens (including phenoxy) is 2. The quantitative estimate of drug-likeness (QED) is 0.152. The number of cyclic esters (lactones) is 1. The third-order valence-corrected chi connectivity index (χ3v) is 4.61. The first-order valence-electron chi connectivity index (χ1n) is 9.52. The standard InChI is InChI=1S/C23H12F4N2O5/c24-16-6-3-14(4-7-16)21-28-18(22(30)34-21)11-13-1-8-17(9-2-13)33-20-10-5-15(23(25,26)27)12-19(20)29(31)32/h1-12H/b18-11-. The fourth-order valence-electron chi connectivity index (χ4n) is 2.96. The molecule has 1 aliphatic heterocycles. The second-order valence-corrected chi connectivity index (χ2v) is 6.95. The van der Waals surface area contributed by atoms with Crippen molar-refractivity contribution in [1.82, 2.24) is 0 Å². The molecule has 0 radical (unpaired) electrons. The van der Waals surface area contributed by atoms with E-state index in [2.05, 4.69) is 4.99 Å². The number of hydrogen-bond donors (Lipinski definition) is 0. The topological polar surface area (TPSA) is 91.0 Å². The zero-order chi connectivity index (χ0) is 24.5. The van der Waals surface area contributed by atoms with Crippen LogP contribution in [-0.2, 0) is 15.7 Å². The van der Waals surface area contributed by atoms with Crippen LogP contribution in [0.1, 0.15) is 16.7 Å². The number of nitro benzene ring substituents is 1. The van der Waals surface area contributed by atoms with Gasteiger partial charge in [-0.2, -0.15) is 13.2 Å². The number of benzene rings is 3. The summed E-state index contributed by atoms with van der Waals surface area (Å²) in [4.78, 5) is 26.4. The first-order chi connectivity index (χ1) is 16.1. The largest absolute Gasteiger partial charge is 0.450 e. The number of esters is 1. The van der Waals surface area contributed by atoms with Gasteiger partial charge in [-0.3, -0.25) is 10.1 Å². The van der Waals surface area contributed by atoms with Crippen molar-refractivity contribution in [2.75, 3.05) is 0 Å². The number of nitrogens with zero attached hydrogens (tertiary/aromatic N) is 2. The third-order valence-electron chi connectivity index (χ3n) is 4.61. The van der Waals surface area contributed by atoms with Crippen LogP contribution in [0.25, 0.3) is 6.08 Å². The van der Waals surface area contributed by atoms with E-state index in [4.69, 9.17) is 9.47 Å². The van der Waals surface area contributed by atoms with Gasteiger partial charge in [-0.15, -0.1) is 0 Å². The Balaban J connectivity index is 1.54. The van der Waals surface area contributed by atoms with Crippen molar-refractivity contribution in [3.05, 3.63) is 105 Å². The van der Waals surface area contributed by atoms with Crippen molar-refractivity contribution in [3.63, 3.8) is 0 Å². The molecule has 3 aromatic rings. The number of rotatable bonds is 5. The molecule has 0 unspecified atom stereocenters. The van der Waals surface area contributed by atoms with Gasteiger partial charge in [0.25, 0.3) is 0 Å². The lowest BCUT2D eigenvalue weighted by atomic mass is 10.1. The lowest BCUT2D eigenvalue weighted by molar-refractivity contribution is -0.385. The Kier molecular flexibility index (Phi) is 5.84. The van der Waals surface area contributed by atoms with Crippen LogP contribution in [0, 0.1) is 15.9 Å². The highest BCUT2D eigenvalue weighted by Gasteiger charge is 2.33. The molecular weight excluding hydrogens is 460 g/mol. The molecule has 0 atom stereocenters. The SMILES string of the molecule is O=C1OC(c2ccc(F)cc2)=N/C1=C\c1ccc(Oc2ccc(C(F)(F)F)cc2[N+](=O)[O-])cc1. The molecule has 0 amide bonds. The Bertz CT molecular complexity index is 1330. The molecule has 0 saturated heterocycles. The van der Waals surface area contributed by atoms with Gasteiger partial charge in [0.2, 0.25) is 11.6 Å². The maximum absolute atomic E-state index is 13.1. The van der Waals surface area contributed by atoms with Crippen LogP contribution in [0.4, 0.5) is 23.2 Å². The molecule has 0 saturated carbocycles. The van der Waals surface area contributed by atoms with Crippen molar-refractivity contribution >= 4 is 23.6 Å². The van der Waals surface area contributed by atoms with Gasteiger partial charge in [0.1, 0.15) is 11.6 Å². The highest BCUT2D eigenvalue weighted by molar-refractivity contribution is 6.12. The Morgan fingerprint density at radius 1 is 1.00 bits per heavy atom. The molecule has 34 heavy (non-hydrogen) atoms. The molecule has 0 fully saturated rings. The van der Waals surface area contributed by atoms with Crippen molar-refractivity contribution < 1.29 is 36.8 Å². The van der Waals surface area contributed by atoms with Crippen molar-refractivity contribution in [3.8, 4) is 11.5 Å². The Morgan fingerprint density at radius 3 is 2.29 bits per heavy atom. The van der Waals surface area contributed by atoms with Gasteiger partial charge in [-0.05, 0) is 60.2 Å². The number of halogens is 4. The number of carbonyl (C=O) groups is 1. The highest BCUT2D eigenvalue weighted by Crippen LogP contribution is 2.38. The van der Waals surface area contributed by atoms with Crippen molar-refractivity contribution in [2.24, 2.45) is 4.99 Å². The fraction of sp³-hybridized carbons (Fsp3) is 0.0435. The van der Waals surface area contributed by atoms with Gasteiger partial charge in [0, 0.05) is 11.6 Å². The first-order valence-corrected chi connectivity index (χ1v) is 9.52. The highest BCUT2D eigenvalue weighted by atomic mass is 19.4. The summed E-state index contributed by atoms with van der Waals surface area (Å²) in [6.07, 6.45) is -3.32. The zero-order valence-electron chi connectivity index (χ0n) is 16.9. The molecule has 3 aromatic carbocycles. The molecule has 0 bridgehead atoms. The second-order valence-electron chi connectivity index (χ2n) is 6.95. The van der Waals surface area contributed by atoms with E-state index < -0.39 is 34.1 Å². The minimum absolute atomic E-state index is 0.00799. The third kappa shape index (κ3) is 4.93. The van der Waals surface area contributed by atoms with Crippen LogP contribution >= 0.6 is 0 Å². The van der Waals surface area contributed by atoms with Crippen LogP contribution in [0.15, 0.2) is 77.4 Å². The minimum atomic E-state index is -4.74. The summed E-state index contributed by atoms with van der Waals surface area (Å²) in [6, 6.07) is 13.0. The lowest BCUT2D eigenvalue weighted by Gasteiger charge is -2.10. The predicted octanol–water partition coefficient (Wildman–Crippen LogP) is 5.89. The predicted molar refractivity (Wildman–Crippen MR) is 112 cm³/mol. The number of alkyl halides is 3. The molecule has 4 rings (SSSR count). The number of nitro groups is 1. The van der Waals surface area contributed by atoms with Crippen LogP contribution in [0.2, 0.25) is 0 Å². The van der Waals surface area contributed by atoms with E-state index in [1.165, 1.54) is 54.6 Å². The second kappa shape index (κ2) is 8.77. The summed E-state index contributed by atoms with van der Waals surface area (Å²) in [5, 5.41) is 11.2. The summed E-state index contributed by atoms with van der Waals surface area (Å²) in [5.74, 6) is -1.38. The molecule has 1 aliphatic rings. The van der Waals surface area contributed by atoms with Crippen LogP contribution < -0.4 is 4.74 Å². The summed E-state index contributed by atoms with van der Waals surface area (Å²) >= 11 is 0. The monoisotopic (exact) mass is 472 g/mol. The van der Waals surface area contributed by atoms with Crippen LogP contribution in [-0.4, -0.2) is 16.8 Å². The van der Waals surface area contributed by atoms with E-state index in [0.717, 1.165) is 6.07 Å². The van der Waals surface area contributed by atoms with E-state index >= 15 is 0 Å². The van der Waals surface area contributed by atoms with Gasteiger partial charge < -0.3 is 9.47 Å². The average molecular weight is 472 g/mol. The Morgan fingerprint density at radius 2 is 1.68 bits per heavy atom. The molecule has 0 N–H and O–H groups in total. The molecule has 11 heteroatoms. The van der Waals surface area contributed by atoms with Gasteiger partial charge in [-0.1, -0.05) is 12.1 Å². The molecule has 0 aromatic heterocycles.